The van der Waals surface area contributed by atoms with Crippen molar-refractivity contribution in [3.05, 3.63) is 74.0 Å². The largest absolute Gasteiger partial charge is 0.872 e. The van der Waals surface area contributed by atoms with Gasteiger partial charge in [0, 0.05) is 5.56 Å². The zero-order valence-corrected chi connectivity index (χ0v) is 15.0. The van der Waals surface area contributed by atoms with E-state index in [0.29, 0.717) is 10.7 Å². The molecule has 0 unspecified atom stereocenters. The highest BCUT2D eigenvalue weighted by Crippen LogP contribution is 2.12. The lowest BCUT2D eigenvalue weighted by molar-refractivity contribution is -0.600. The number of hydrogen-bond acceptors (Lipinski definition) is 5. The number of para-hydroxylation sites is 1. The van der Waals surface area contributed by atoms with Gasteiger partial charge < -0.3 is 5.11 Å². The van der Waals surface area contributed by atoms with Crippen LogP contribution in [0.25, 0.3) is 5.82 Å². The standard InChI is InChI=1S/C18H16N4O3S/c1-11-7-12(2)10-22(9-11)16-15(26-18(25)20-16)8-19-21-17(24)13-5-3-4-6-14(13)23/h3-10H,1-2H3,(H2-,19,20,21,23,24,25). The summed E-state index contributed by atoms with van der Waals surface area (Å²) in [7, 11) is 0. The van der Waals surface area contributed by atoms with E-state index in [-0.39, 0.29) is 16.2 Å². The van der Waals surface area contributed by atoms with Crippen LogP contribution in [0.4, 0.5) is 0 Å². The van der Waals surface area contributed by atoms with Crippen LogP contribution in [0.15, 0.2) is 52.6 Å². The van der Waals surface area contributed by atoms with Crippen LogP contribution >= 0.6 is 11.3 Å². The van der Waals surface area contributed by atoms with E-state index >= 15 is 0 Å². The fourth-order valence-electron chi connectivity index (χ4n) is 2.51. The maximum Gasteiger partial charge on any atom is 0.390 e. The van der Waals surface area contributed by atoms with E-state index in [1.165, 1.54) is 18.3 Å². The number of amides is 1. The first-order valence-electron chi connectivity index (χ1n) is 7.76. The molecule has 0 saturated carbocycles. The molecule has 1 amide bonds. The number of thiazole rings is 1. The lowest BCUT2D eigenvalue weighted by Gasteiger charge is -2.10. The molecule has 3 aromatic rings. The molecule has 0 aliphatic heterocycles. The van der Waals surface area contributed by atoms with Crippen LogP contribution in [0.3, 0.4) is 0 Å². The number of hydrazone groups is 1. The number of nitrogens with one attached hydrogen (secondary N) is 2. The number of aromatic nitrogens is 2. The monoisotopic (exact) mass is 368 g/mol. The van der Waals surface area contributed by atoms with Gasteiger partial charge in [0.2, 0.25) is 0 Å². The topological polar surface area (TPSA) is 101 Å². The van der Waals surface area contributed by atoms with Crippen molar-refractivity contribution in [2.24, 2.45) is 5.10 Å². The quantitative estimate of drug-likeness (QED) is 0.410. The van der Waals surface area contributed by atoms with Crippen LogP contribution in [-0.4, -0.2) is 17.1 Å². The van der Waals surface area contributed by atoms with Crippen LogP contribution in [0.2, 0.25) is 0 Å². The predicted octanol–water partition coefficient (Wildman–Crippen LogP) is 1.17. The van der Waals surface area contributed by atoms with E-state index < -0.39 is 5.91 Å². The van der Waals surface area contributed by atoms with Crippen molar-refractivity contribution < 1.29 is 14.5 Å². The number of aromatic amines is 1. The minimum atomic E-state index is -0.602. The van der Waals surface area contributed by atoms with Gasteiger partial charge in [-0.3, -0.25) is 4.79 Å². The lowest BCUT2D eigenvalue weighted by Crippen LogP contribution is -2.33. The minimum absolute atomic E-state index is 0.0100. The number of carbonyl (C=O) groups excluding carboxylic acids is 1. The Labute approximate surface area is 153 Å². The number of nitrogens with zero attached hydrogens (tertiary/aromatic N) is 2. The van der Waals surface area contributed by atoms with E-state index in [2.05, 4.69) is 15.5 Å². The van der Waals surface area contributed by atoms with E-state index in [0.717, 1.165) is 22.5 Å². The Morgan fingerprint density at radius 3 is 2.65 bits per heavy atom. The molecule has 0 saturated heterocycles. The molecule has 7 nitrogen and oxygen atoms in total. The van der Waals surface area contributed by atoms with E-state index in [1.807, 2.05) is 32.3 Å². The summed E-state index contributed by atoms with van der Waals surface area (Å²) in [6.07, 6.45) is 5.15. The van der Waals surface area contributed by atoms with Crippen LogP contribution in [0, 0.1) is 13.8 Å². The average Bonchev–Trinajstić information content (AvgIpc) is 2.95. The highest BCUT2D eigenvalue weighted by atomic mass is 32.1. The highest BCUT2D eigenvalue weighted by Gasteiger charge is 2.17. The fraction of sp³-hybridized carbons (Fsp3) is 0.111. The Morgan fingerprint density at radius 2 is 1.96 bits per heavy atom. The number of carbonyl (C=O) groups is 1. The van der Waals surface area contributed by atoms with Crippen molar-refractivity contribution in [1.29, 1.82) is 0 Å². The molecule has 0 aliphatic rings. The van der Waals surface area contributed by atoms with Gasteiger partial charge in [-0.1, -0.05) is 30.0 Å². The fourth-order valence-corrected chi connectivity index (χ4v) is 3.22. The molecular weight excluding hydrogens is 352 g/mol. The molecule has 2 N–H and O–H groups in total. The molecular formula is C18H16N4O3S. The van der Waals surface area contributed by atoms with Crippen LogP contribution in [0.1, 0.15) is 26.4 Å². The van der Waals surface area contributed by atoms with Crippen molar-refractivity contribution in [3.8, 4) is 11.6 Å². The maximum atomic E-state index is 12.0. The predicted molar refractivity (Wildman–Crippen MR) is 96.9 cm³/mol. The van der Waals surface area contributed by atoms with Gasteiger partial charge >= 0.3 is 10.7 Å². The van der Waals surface area contributed by atoms with Crippen molar-refractivity contribution in [1.82, 2.24) is 10.4 Å². The van der Waals surface area contributed by atoms with Gasteiger partial charge in [0.05, 0.1) is 18.6 Å². The van der Waals surface area contributed by atoms with Crippen LogP contribution in [-0.2, 0) is 0 Å². The lowest BCUT2D eigenvalue weighted by atomic mass is 10.2. The molecule has 0 aliphatic carbocycles. The second-order valence-corrected chi connectivity index (χ2v) is 6.74. The first-order chi connectivity index (χ1) is 12.4. The Morgan fingerprint density at radius 1 is 1.27 bits per heavy atom. The van der Waals surface area contributed by atoms with Gasteiger partial charge in [0.1, 0.15) is 4.88 Å². The molecule has 0 spiro atoms. The van der Waals surface area contributed by atoms with Crippen molar-refractivity contribution in [2.75, 3.05) is 0 Å². The van der Waals surface area contributed by atoms with Crippen molar-refractivity contribution >= 4 is 23.5 Å². The zero-order valence-electron chi connectivity index (χ0n) is 14.1. The number of H-pyrrole nitrogens is 1. The number of benzene rings is 1. The van der Waals surface area contributed by atoms with Gasteiger partial charge in [-0.25, -0.2) is 14.8 Å². The second-order valence-electron chi connectivity index (χ2n) is 5.72. The summed E-state index contributed by atoms with van der Waals surface area (Å²) in [5, 5.41) is 15.5. The molecule has 3 rings (SSSR count). The Balaban J connectivity index is 1.85. The van der Waals surface area contributed by atoms with Gasteiger partial charge in [-0.05, 0) is 42.4 Å². The van der Waals surface area contributed by atoms with E-state index in [1.54, 1.807) is 16.7 Å². The molecule has 8 heteroatoms. The molecule has 1 aromatic carbocycles. The van der Waals surface area contributed by atoms with Crippen LogP contribution < -0.4 is 20.0 Å². The van der Waals surface area contributed by atoms with E-state index in [4.69, 9.17) is 0 Å². The second kappa shape index (κ2) is 7.32. The minimum Gasteiger partial charge on any atom is -0.872 e. The molecule has 26 heavy (non-hydrogen) atoms. The number of hydrogen-bond donors (Lipinski definition) is 2. The number of aryl methyl sites for hydroxylation is 2. The molecule has 0 atom stereocenters. The Bertz CT molecular complexity index is 1030. The molecule has 0 radical (unpaired) electrons. The first-order valence-corrected chi connectivity index (χ1v) is 8.58. The molecule has 2 heterocycles. The van der Waals surface area contributed by atoms with Gasteiger partial charge in [-0.15, -0.1) is 0 Å². The molecule has 2 aromatic heterocycles. The Kier molecular flexibility index (Phi) is 4.94. The van der Waals surface area contributed by atoms with Crippen molar-refractivity contribution in [2.45, 2.75) is 13.8 Å². The summed E-state index contributed by atoms with van der Waals surface area (Å²) in [5.41, 5.74) is 4.40. The van der Waals surface area contributed by atoms with E-state index in [9.17, 15) is 14.7 Å². The first kappa shape index (κ1) is 17.6. The third-order valence-electron chi connectivity index (χ3n) is 3.54. The SMILES string of the molecule is Cc1cc(C)c[n+](-c2[nH]c(=O)sc2/C=N/NC(=O)c2ccccc2[O-])c1. The summed E-state index contributed by atoms with van der Waals surface area (Å²) >= 11 is 0.977. The molecule has 0 bridgehead atoms. The van der Waals surface area contributed by atoms with Crippen LogP contribution in [0.5, 0.6) is 5.75 Å². The summed E-state index contributed by atoms with van der Waals surface area (Å²) in [5.74, 6) is -0.414. The normalized spacial score (nSPS) is 11.0. The third kappa shape index (κ3) is 3.86. The highest BCUT2D eigenvalue weighted by molar-refractivity contribution is 7.11. The summed E-state index contributed by atoms with van der Waals surface area (Å²) in [6, 6.07) is 7.93. The van der Waals surface area contributed by atoms with Gasteiger partial charge in [0.15, 0.2) is 0 Å². The summed E-state index contributed by atoms with van der Waals surface area (Å²) in [4.78, 5) is 26.9. The smallest absolute Gasteiger partial charge is 0.390 e. The average molecular weight is 368 g/mol. The molecule has 0 fully saturated rings. The number of rotatable bonds is 4. The van der Waals surface area contributed by atoms with Gasteiger partial charge in [-0.2, -0.15) is 10.1 Å². The number of pyridine rings is 1. The third-order valence-corrected chi connectivity index (χ3v) is 4.34. The summed E-state index contributed by atoms with van der Waals surface area (Å²) < 4.78 is 1.80. The van der Waals surface area contributed by atoms with Crippen molar-refractivity contribution in [3.63, 3.8) is 0 Å². The summed E-state index contributed by atoms with van der Waals surface area (Å²) in [6.45, 7) is 3.92. The maximum absolute atomic E-state index is 12.0. The molecule has 132 valence electrons. The zero-order chi connectivity index (χ0) is 18.7. The van der Waals surface area contributed by atoms with Gasteiger partial charge in [0.25, 0.3) is 5.91 Å². The Hall–Kier alpha value is -3.26.